The highest BCUT2D eigenvalue weighted by atomic mass is 16.2. The zero-order chi connectivity index (χ0) is 16.7. The van der Waals surface area contributed by atoms with E-state index in [1.807, 2.05) is 37.3 Å². The Morgan fingerprint density at radius 3 is 2.61 bits per heavy atom. The average Bonchev–Trinajstić information content (AvgIpc) is 2.57. The first-order chi connectivity index (χ1) is 11.2. The predicted molar refractivity (Wildman–Crippen MR) is 91.9 cm³/mol. The number of carbonyl (C=O) groups excluding carboxylic acids is 2. The van der Waals surface area contributed by atoms with E-state index in [9.17, 15) is 9.59 Å². The van der Waals surface area contributed by atoms with Gasteiger partial charge < -0.3 is 15.8 Å². The highest BCUT2D eigenvalue weighted by Crippen LogP contribution is 2.31. The number of hydrogen-bond donors (Lipinski definition) is 2. The van der Waals surface area contributed by atoms with Crippen LogP contribution in [0, 0.1) is 11.8 Å². The summed E-state index contributed by atoms with van der Waals surface area (Å²) in [5.74, 6) is 0.115. The molecule has 1 aromatic rings. The quantitative estimate of drug-likeness (QED) is 0.759. The van der Waals surface area contributed by atoms with E-state index in [4.69, 9.17) is 5.73 Å². The monoisotopic (exact) mass is 316 g/mol. The molecule has 1 aliphatic rings. The van der Waals surface area contributed by atoms with Crippen LogP contribution in [0.5, 0.6) is 0 Å². The molecule has 2 rings (SSSR count). The van der Waals surface area contributed by atoms with Crippen LogP contribution in [-0.4, -0.2) is 24.3 Å². The molecule has 0 radical (unpaired) electrons. The first-order valence-corrected chi connectivity index (χ1v) is 8.70. The van der Waals surface area contributed by atoms with Crippen LogP contribution in [0.15, 0.2) is 30.3 Å². The minimum atomic E-state index is -0.473. The molecule has 23 heavy (non-hydrogen) atoms. The van der Waals surface area contributed by atoms with Gasteiger partial charge in [0.2, 0.25) is 5.91 Å². The van der Waals surface area contributed by atoms with Gasteiger partial charge >= 0.3 is 0 Å². The summed E-state index contributed by atoms with van der Waals surface area (Å²) in [7, 11) is 0. The van der Waals surface area contributed by atoms with Gasteiger partial charge in [0.25, 0.3) is 0 Å². The van der Waals surface area contributed by atoms with Crippen LogP contribution >= 0.6 is 0 Å². The lowest BCUT2D eigenvalue weighted by Crippen LogP contribution is -2.47. The normalized spacial score (nSPS) is 23.7. The molecule has 0 spiro atoms. The lowest BCUT2D eigenvalue weighted by Gasteiger charge is -2.34. The minimum Gasteiger partial charge on any atom is -0.346 e. The third-order valence-corrected chi connectivity index (χ3v) is 4.96. The molecular weight excluding hydrogens is 288 g/mol. The van der Waals surface area contributed by atoms with Crippen molar-refractivity contribution in [3.63, 3.8) is 0 Å². The maximum absolute atomic E-state index is 12.7. The van der Waals surface area contributed by atoms with Gasteiger partial charge in [-0.25, -0.2) is 0 Å². The van der Waals surface area contributed by atoms with Gasteiger partial charge in [-0.15, -0.1) is 0 Å². The van der Waals surface area contributed by atoms with Crippen molar-refractivity contribution >= 4 is 12.2 Å². The Balaban J connectivity index is 1.98. The van der Waals surface area contributed by atoms with E-state index in [0.717, 1.165) is 44.0 Å². The number of amides is 1. The summed E-state index contributed by atoms with van der Waals surface area (Å²) in [4.78, 5) is 24.0. The molecule has 4 nitrogen and oxygen atoms in total. The van der Waals surface area contributed by atoms with E-state index in [0.29, 0.717) is 6.42 Å². The van der Waals surface area contributed by atoms with Crippen molar-refractivity contribution in [1.29, 1.82) is 0 Å². The summed E-state index contributed by atoms with van der Waals surface area (Å²) in [5.41, 5.74) is 7.28. The van der Waals surface area contributed by atoms with E-state index in [1.165, 1.54) is 0 Å². The molecule has 1 fully saturated rings. The molecule has 0 saturated heterocycles. The molecule has 0 heterocycles. The van der Waals surface area contributed by atoms with Gasteiger partial charge in [0.15, 0.2) is 0 Å². The van der Waals surface area contributed by atoms with E-state index in [2.05, 4.69) is 5.32 Å². The number of hydrogen-bond acceptors (Lipinski definition) is 3. The third-order valence-electron chi connectivity index (χ3n) is 4.96. The Labute approximate surface area is 138 Å². The summed E-state index contributed by atoms with van der Waals surface area (Å²) >= 11 is 0. The second-order valence-corrected chi connectivity index (χ2v) is 6.57. The van der Waals surface area contributed by atoms with Gasteiger partial charge in [-0.3, -0.25) is 4.79 Å². The summed E-state index contributed by atoms with van der Waals surface area (Å²) in [6, 6.07) is 9.38. The second-order valence-electron chi connectivity index (χ2n) is 6.57. The summed E-state index contributed by atoms with van der Waals surface area (Å²) in [5, 5.41) is 2.92. The average molecular weight is 316 g/mol. The zero-order valence-corrected chi connectivity index (χ0v) is 13.9. The minimum absolute atomic E-state index is 0.0251. The summed E-state index contributed by atoms with van der Waals surface area (Å²) in [6.07, 6.45) is 6.43. The van der Waals surface area contributed by atoms with Crippen molar-refractivity contribution in [2.45, 2.75) is 57.5 Å². The third kappa shape index (κ3) is 4.90. The number of aldehydes is 1. The van der Waals surface area contributed by atoms with Crippen molar-refractivity contribution in [3.05, 3.63) is 35.9 Å². The van der Waals surface area contributed by atoms with Crippen LogP contribution < -0.4 is 11.1 Å². The maximum Gasteiger partial charge on any atom is 0.224 e. The highest BCUT2D eigenvalue weighted by molar-refractivity contribution is 5.82. The van der Waals surface area contributed by atoms with Crippen molar-refractivity contribution in [3.8, 4) is 0 Å². The smallest absolute Gasteiger partial charge is 0.224 e. The van der Waals surface area contributed by atoms with E-state index in [-0.39, 0.29) is 23.8 Å². The lowest BCUT2D eigenvalue weighted by atomic mass is 9.75. The number of rotatable bonds is 7. The van der Waals surface area contributed by atoms with Crippen LogP contribution in [0.3, 0.4) is 0 Å². The molecule has 0 aliphatic heterocycles. The SMILES string of the molecule is CC[C@@H](C(=O)N[C@@H](C=O)Cc1ccccc1)[C@H]1CCCC[C@H]1N. The maximum atomic E-state index is 12.7. The Bertz CT molecular complexity index is 503. The second kappa shape index (κ2) is 8.82. The molecule has 1 aliphatic carbocycles. The summed E-state index contributed by atoms with van der Waals surface area (Å²) < 4.78 is 0. The molecule has 4 atom stereocenters. The number of carbonyl (C=O) groups is 2. The van der Waals surface area contributed by atoms with Crippen molar-refractivity contribution < 1.29 is 9.59 Å². The Morgan fingerprint density at radius 2 is 2.00 bits per heavy atom. The first-order valence-electron chi connectivity index (χ1n) is 8.70. The van der Waals surface area contributed by atoms with Gasteiger partial charge in [0.1, 0.15) is 6.29 Å². The van der Waals surface area contributed by atoms with Gasteiger partial charge in [-0.2, -0.15) is 0 Å². The molecule has 0 aromatic heterocycles. The fourth-order valence-electron chi connectivity index (χ4n) is 3.66. The Hall–Kier alpha value is -1.68. The molecule has 0 bridgehead atoms. The van der Waals surface area contributed by atoms with Crippen molar-refractivity contribution in [1.82, 2.24) is 5.32 Å². The van der Waals surface area contributed by atoms with E-state index < -0.39 is 6.04 Å². The Kier molecular flexibility index (Phi) is 6.78. The number of nitrogens with one attached hydrogen (secondary N) is 1. The molecular formula is C19H28N2O2. The first kappa shape index (κ1) is 17.7. The lowest BCUT2D eigenvalue weighted by molar-refractivity contribution is -0.129. The Morgan fingerprint density at radius 1 is 1.30 bits per heavy atom. The van der Waals surface area contributed by atoms with E-state index in [1.54, 1.807) is 0 Å². The van der Waals surface area contributed by atoms with Crippen LogP contribution in [-0.2, 0) is 16.0 Å². The van der Waals surface area contributed by atoms with Gasteiger partial charge in [-0.1, -0.05) is 50.1 Å². The standard InChI is InChI=1S/C19H28N2O2/c1-2-16(17-10-6-7-11-18(17)20)19(23)21-15(13-22)12-14-8-4-3-5-9-14/h3-5,8-9,13,15-18H,2,6-7,10-12,20H2,1H3,(H,21,23)/t15-,16-,17-,18-/m1/s1. The van der Waals surface area contributed by atoms with Crippen LogP contribution in [0.25, 0.3) is 0 Å². The molecule has 1 amide bonds. The zero-order valence-electron chi connectivity index (χ0n) is 13.9. The number of nitrogens with two attached hydrogens (primary N) is 1. The van der Waals surface area contributed by atoms with Gasteiger partial charge in [0, 0.05) is 12.0 Å². The van der Waals surface area contributed by atoms with Crippen molar-refractivity contribution in [2.75, 3.05) is 0 Å². The van der Waals surface area contributed by atoms with E-state index >= 15 is 0 Å². The summed E-state index contributed by atoms with van der Waals surface area (Å²) in [6.45, 7) is 2.03. The largest absolute Gasteiger partial charge is 0.346 e. The van der Waals surface area contributed by atoms with Crippen LogP contribution in [0.2, 0.25) is 0 Å². The molecule has 4 heteroatoms. The van der Waals surface area contributed by atoms with Gasteiger partial charge in [-0.05, 0) is 37.2 Å². The van der Waals surface area contributed by atoms with Gasteiger partial charge in [0.05, 0.1) is 6.04 Å². The van der Waals surface area contributed by atoms with Crippen LogP contribution in [0.4, 0.5) is 0 Å². The molecule has 0 unspecified atom stereocenters. The molecule has 1 saturated carbocycles. The molecule has 1 aromatic carbocycles. The highest BCUT2D eigenvalue weighted by Gasteiger charge is 2.33. The van der Waals surface area contributed by atoms with Crippen LogP contribution in [0.1, 0.15) is 44.6 Å². The number of benzene rings is 1. The topological polar surface area (TPSA) is 72.2 Å². The molecule has 3 N–H and O–H groups in total. The fraction of sp³-hybridized carbons (Fsp3) is 0.579. The van der Waals surface area contributed by atoms with Crippen molar-refractivity contribution in [2.24, 2.45) is 17.6 Å². The fourth-order valence-corrected chi connectivity index (χ4v) is 3.66. The predicted octanol–water partition coefficient (Wildman–Crippen LogP) is 2.46. The molecule has 126 valence electrons.